The first-order valence-corrected chi connectivity index (χ1v) is 10.5. The maximum atomic E-state index is 12.2. The lowest BCUT2D eigenvalue weighted by atomic mass is 9.91. The van der Waals surface area contributed by atoms with Crippen LogP contribution >= 0.6 is 0 Å². The minimum absolute atomic E-state index is 0.0167. The summed E-state index contributed by atoms with van der Waals surface area (Å²) in [6.45, 7) is 5.85. The molecule has 154 valence electrons. The molecule has 0 spiro atoms. The van der Waals surface area contributed by atoms with Gasteiger partial charge in [0.15, 0.2) is 0 Å². The van der Waals surface area contributed by atoms with Gasteiger partial charge in [-0.2, -0.15) is 0 Å². The van der Waals surface area contributed by atoms with E-state index in [1.165, 1.54) is 5.56 Å². The van der Waals surface area contributed by atoms with Crippen LogP contribution in [0, 0.1) is 5.92 Å². The molecule has 2 aromatic carbocycles. The fourth-order valence-corrected chi connectivity index (χ4v) is 4.54. The van der Waals surface area contributed by atoms with Crippen molar-refractivity contribution in [3.8, 4) is 11.5 Å². The minimum atomic E-state index is 0.0167. The van der Waals surface area contributed by atoms with E-state index in [0.29, 0.717) is 19.0 Å². The molecule has 1 fully saturated rings. The van der Waals surface area contributed by atoms with Crippen LogP contribution < -0.4 is 9.47 Å². The molecule has 1 saturated heterocycles. The molecule has 5 nitrogen and oxygen atoms in total. The summed E-state index contributed by atoms with van der Waals surface area (Å²) in [6, 6.07) is 16.3. The zero-order valence-corrected chi connectivity index (χ0v) is 17.3. The first kappa shape index (κ1) is 19.8. The number of methoxy groups -OCH3 is 1. The third kappa shape index (κ3) is 4.56. The van der Waals surface area contributed by atoms with Crippen LogP contribution in [-0.2, 0) is 17.9 Å². The Morgan fingerprint density at radius 3 is 2.76 bits per heavy atom. The molecule has 0 saturated carbocycles. The number of ether oxygens (including phenoxy) is 2. The predicted octanol–water partition coefficient (Wildman–Crippen LogP) is 3.72. The molecule has 2 aliphatic rings. The summed E-state index contributed by atoms with van der Waals surface area (Å²) >= 11 is 0. The summed E-state index contributed by atoms with van der Waals surface area (Å²) in [5.41, 5.74) is 2.31. The fraction of sp³-hybridized carbons (Fsp3) is 0.458. The Morgan fingerprint density at radius 1 is 1.14 bits per heavy atom. The molecule has 0 radical (unpaired) electrons. The van der Waals surface area contributed by atoms with Crippen LogP contribution in [0.25, 0.3) is 0 Å². The Labute approximate surface area is 173 Å². The van der Waals surface area contributed by atoms with Crippen molar-refractivity contribution in [2.45, 2.75) is 39.0 Å². The van der Waals surface area contributed by atoms with E-state index in [-0.39, 0.29) is 12.0 Å². The number of fused-ring (bicyclic) bond motifs is 1. The number of hydrogen-bond donors (Lipinski definition) is 0. The molecule has 0 bridgehead atoms. The molecule has 2 aliphatic heterocycles. The monoisotopic (exact) mass is 394 g/mol. The van der Waals surface area contributed by atoms with Crippen molar-refractivity contribution in [1.82, 2.24) is 9.80 Å². The van der Waals surface area contributed by atoms with E-state index in [4.69, 9.17) is 9.47 Å². The smallest absolute Gasteiger partial charge is 0.219 e. The first-order chi connectivity index (χ1) is 14.1. The van der Waals surface area contributed by atoms with E-state index in [0.717, 1.165) is 49.5 Å². The number of para-hydroxylation sites is 2. The van der Waals surface area contributed by atoms with Gasteiger partial charge in [0.05, 0.1) is 13.7 Å². The van der Waals surface area contributed by atoms with Gasteiger partial charge >= 0.3 is 0 Å². The molecule has 1 amide bonds. The van der Waals surface area contributed by atoms with E-state index in [2.05, 4.69) is 23.1 Å². The number of carbonyl (C=O) groups excluding carboxylic acids is 1. The number of nitrogens with zero attached hydrogens (tertiary/aromatic N) is 2. The van der Waals surface area contributed by atoms with Crippen molar-refractivity contribution in [2.24, 2.45) is 5.92 Å². The minimum Gasteiger partial charge on any atom is -0.496 e. The van der Waals surface area contributed by atoms with Gasteiger partial charge in [-0.25, -0.2) is 0 Å². The Bertz CT molecular complexity index is 854. The van der Waals surface area contributed by atoms with Crippen LogP contribution in [-0.4, -0.2) is 48.6 Å². The predicted molar refractivity (Wildman–Crippen MR) is 113 cm³/mol. The van der Waals surface area contributed by atoms with Crippen LogP contribution in [0.2, 0.25) is 0 Å². The van der Waals surface area contributed by atoms with Crippen molar-refractivity contribution < 1.29 is 14.3 Å². The largest absolute Gasteiger partial charge is 0.496 e. The van der Waals surface area contributed by atoms with Gasteiger partial charge in [0, 0.05) is 43.6 Å². The maximum absolute atomic E-state index is 12.2. The number of likely N-dealkylation sites (tertiary alicyclic amines) is 1. The van der Waals surface area contributed by atoms with Gasteiger partial charge < -0.3 is 14.4 Å². The average Bonchev–Trinajstić information content (AvgIpc) is 2.94. The van der Waals surface area contributed by atoms with Gasteiger partial charge in [-0.15, -0.1) is 0 Å². The van der Waals surface area contributed by atoms with E-state index < -0.39 is 0 Å². The van der Waals surface area contributed by atoms with Gasteiger partial charge in [-0.05, 0) is 31.5 Å². The first-order valence-electron chi connectivity index (χ1n) is 10.5. The van der Waals surface area contributed by atoms with E-state index in [1.54, 1.807) is 14.0 Å². The quantitative estimate of drug-likeness (QED) is 0.793. The molecule has 0 N–H and O–H groups in total. The fourth-order valence-electron chi connectivity index (χ4n) is 4.54. The SMILES string of the molecule is COc1ccccc1CN1CCC[C@@H]([C@H]2CN(C(C)=O)Cc3ccccc3O2)C1. The number of benzene rings is 2. The molecule has 29 heavy (non-hydrogen) atoms. The molecular weight excluding hydrogens is 364 g/mol. The van der Waals surface area contributed by atoms with Crippen molar-refractivity contribution >= 4 is 5.91 Å². The third-order valence-corrected chi connectivity index (χ3v) is 6.11. The topological polar surface area (TPSA) is 42.0 Å². The third-order valence-electron chi connectivity index (χ3n) is 6.11. The molecule has 0 unspecified atom stereocenters. The molecular formula is C24H30N2O3. The second-order valence-electron chi connectivity index (χ2n) is 8.11. The van der Waals surface area contributed by atoms with E-state index in [9.17, 15) is 4.79 Å². The van der Waals surface area contributed by atoms with Gasteiger partial charge in [0.2, 0.25) is 5.91 Å². The normalized spacial score (nSPS) is 22.3. The zero-order chi connectivity index (χ0) is 20.2. The molecule has 2 aromatic rings. The Morgan fingerprint density at radius 2 is 1.93 bits per heavy atom. The van der Waals surface area contributed by atoms with Crippen LogP contribution in [0.4, 0.5) is 0 Å². The summed E-state index contributed by atoms with van der Waals surface area (Å²) in [5.74, 6) is 2.36. The lowest BCUT2D eigenvalue weighted by molar-refractivity contribution is -0.130. The number of hydrogen-bond acceptors (Lipinski definition) is 4. The van der Waals surface area contributed by atoms with Crippen molar-refractivity contribution in [2.75, 3.05) is 26.7 Å². The summed E-state index contributed by atoms with van der Waals surface area (Å²) in [4.78, 5) is 16.6. The Kier molecular flexibility index (Phi) is 6.05. The van der Waals surface area contributed by atoms with Crippen molar-refractivity contribution in [3.05, 3.63) is 59.7 Å². The van der Waals surface area contributed by atoms with Crippen LogP contribution in [0.1, 0.15) is 30.9 Å². The number of carbonyl (C=O) groups is 1. The number of piperidine rings is 1. The summed E-state index contributed by atoms with van der Waals surface area (Å²) in [7, 11) is 1.73. The van der Waals surface area contributed by atoms with Crippen LogP contribution in [0.5, 0.6) is 11.5 Å². The van der Waals surface area contributed by atoms with E-state index in [1.807, 2.05) is 35.2 Å². The second-order valence-corrected chi connectivity index (χ2v) is 8.11. The second kappa shape index (κ2) is 8.87. The molecule has 0 aromatic heterocycles. The highest BCUT2D eigenvalue weighted by atomic mass is 16.5. The van der Waals surface area contributed by atoms with Gasteiger partial charge in [-0.1, -0.05) is 36.4 Å². The van der Waals surface area contributed by atoms with Gasteiger partial charge in [-0.3, -0.25) is 9.69 Å². The molecule has 2 heterocycles. The molecule has 2 atom stereocenters. The highest BCUT2D eigenvalue weighted by Gasteiger charge is 2.33. The van der Waals surface area contributed by atoms with Gasteiger partial charge in [0.25, 0.3) is 0 Å². The molecule has 0 aliphatic carbocycles. The summed E-state index contributed by atoms with van der Waals surface area (Å²) in [5, 5.41) is 0. The van der Waals surface area contributed by atoms with Gasteiger partial charge in [0.1, 0.15) is 17.6 Å². The lowest BCUT2D eigenvalue weighted by Crippen LogP contribution is -2.46. The highest BCUT2D eigenvalue weighted by molar-refractivity contribution is 5.73. The number of amides is 1. The van der Waals surface area contributed by atoms with Crippen LogP contribution in [0.15, 0.2) is 48.5 Å². The van der Waals surface area contributed by atoms with Crippen molar-refractivity contribution in [3.63, 3.8) is 0 Å². The summed E-state index contributed by atoms with van der Waals surface area (Å²) in [6.07, 6.45) is 2.28. The average molecular weight is 395 g/mol. The highest BCUT2D eigenvalue weighted by Crippen LogP contribution is 2.31. The van der Waals surface area contributed by atoms with Crippen LogP contribution in [0.3, 0.4) is 0 Å². The lowest BCUT2D eigenvalue weighted by Gasteiger charge is -2.37. The Hall–Kier alpha value is -2.53. The molecule has 5 heteroatoms. The van der Waals surface area contributed by atoms with E-state index >= 15 is 0 Å². The standard InChI is InChI=1S/C24H30N2O3/c1-18(27)26-16-21-9-4-6-12-23(21)29-24(17-26)20-10-7-13-25(15-20)14-19-8-3-5-11-22(19)28-2/h3-6,8-9,11-12,20,24H,7,10,13-17H2,1-2H3/t20-,24-/m1/s1. The summed E-state index contributed by atoms with van der Waals surface area (Å²) < 4.78 is 12.0. The number of rotatable bonds is 4. The Balaban J connectivity index is 1.50. The van der Waals surface area contributed by atoms with Crippen molar-refractivity contribution in [1.29, 1.82) is 0 Å². The maximum Gasteiger partial charge on any atom is 0.219 e. The zero-order valence-electron chi connectivity index (χ0n) is 17.3. The molecule has 4 rings (SSSR count).